The van der Waals surface area contributed by atoms with E-state index in [9.17, 15) is 0 Å². The molecule has 0 saturated carbocycles. The molecule has 1 aromatic heterocycles. The molecule has 0 spiro atoms. The molecule has 0 bridgehead atoms. The lowest BCUT2D eigenvalue weighted by Gasteiger charge is -2.07. The Hall–Kier alpha value is -2.23. The van der Waals surface area contributed by atoms with Gasteiger partial charge in [0.1, 0.15) is 5.75 Å². The SMILES string of the molecule is CCOc1ccc(Sc2c(-c3ccc(C)cc3)sc3cc(C)ccc23)cc1. The Morgan fingerprint density at radius 3 is 2.26 bits per heavy atom. The van der Waals surface area contributed by atoms with Crippen molar-refractivity contribution < 1.29 is 4.74 Å². The van der Waals surface area contributed by atoms with Gasteiger partial charge in [-0.1, -0.05) is 53.7 Å². The standard InChI is InChI=1S/C24H22OS2/c1-4-25-19-10-12-20(13-11-19)26-24-21-14-7-17(3)15-22(21)27-23(24)18-8-5-16(2)6-9-18/h5-15H,4H2,1-3H3. The summed E-state index contributed by atoms with van der Waals surface area (Å²) in [5.41, 5.74) is 3.88. The van der Waals surface area contributed by atoms with Gasteiger partial charge in [-0.25, -0.2) is 0 Å². The lowest BCUT2D eigenvalue weighted by molar-refractivity contribution is 0.340. The first-order valence-electron chi connectivity index (χ1n) is 9.15. The summed E-state index contributed by atoms with van der Waals surface area (Å²) in [6.07, 6.45) is 0. The number of hydrogen-bond acceptors (Lipinski definition) is 3. The van der Waals surface area contributed by atoms with Gasteiger partial charge in [0.15, 0.2) is 0 Å². The first-order valence-corrected chi connectivity index (χ1v) is 10.8. The normalized spacial score (nSPS) is 11.1. The lowest BCUT2D eigenvalue weighted by Crippen LogP contribution is -1.90. The summed E-state index contributed by atoms with van der Waals surface area (Å²) in [4.78, 5) is 3.91. The van der Waals surface area contributed by atoms with Crippen molar-refractivity contribution in [3.8, 4) is 16.2 Å². The maximum atomic E-state index is 5.58. The molecule has 136 valence electrons. The van der Waals surface area contributed by atoms with Crippen molar-refractivity contribution in [1.29, 1.82) is 0 Å². The molecule has 4 rings (SSSR count). The van der Waals surface area contributed by atoms with E-state index in [1.54, 1.807) is 0 Å². The van der Waals surface area contributed by atoms with Gasteiger partial charge in [0.25, 0.3) is 0 Å². The second kappa shape index (κ2) is 7.79. The van der Waals surface area contributed by atoms with Crippen LogP contribution >= 0.6 is 23.1 Å². The topological polar surface area (TPSA) is 9.23 Å². The molecule has 0 radical (unpaired) electrons. The van der Waals surface area contributed by atoms with Crippen molar-refractivity contribution in [2.45, 2.75) is 30.6 Å². The van der Waals surface area contributed by atoms with Crippen molar-refractivity contribution >= 4 is 33.2 Å². The van der Waals surface area contributed by atoms with Gasteiger partial charge in [0.2, 0.25) is 0 Å². The molecule has 0 saturated heterocycles. The van der Waals surface area contributed by atoms with Gasteiger partial charge in [-0.15, -0.1) is 11.3 Å². The van der Waals surface area contributed by atoms with Crippen LogP contribution in [0.2, 0.25) is 0 Å². The van der Waals surface area contributed by atoms with Crippen molar-refractivity contribution in [3.63, 3.8) is 0 Å². The van der Waals surface area contributed by atoms with E-state index in [1.807, 2.05) is 30.0 Å². The zero-order valence-electron chi connectivity index (χ0n) is 15.8. The largest absolute Gasteiger partial charge is 0.494 e. The first kappa shape index (κ1) is 18.1. The van der Waals surface area contributed by atoms with Crippen LogP contribution in [0.5, 0.6) is 5.75 Å². The highest BCUT2D eigenvalue weighted by Gasteiger charge is 2.15. The van der Waals surface area contributed by atoms with E-state index in [2.05, 4.69) is 80.6 Å². The summed E-state index contributed by atoms with van der Waals surface area (Å²) in [5.74, 6) is 0.923. The number of benzene rings is 3. The van der Waals surface area contributed by atoms with Gasteiger partial charge in [0, 0.05) is 24.8 Å². The van der Waals surface area contributed by atoms with Crippen LogP contribution in [0.3, 0.4) is 0 Å². The lowest BCUT2D eigenvalue weighted by atomic mass is 10.1. The Kier molecular flexibility index (Phi) is 5.24. The molecule has 3 aromatic carbocycles. The van der Waals surface area contributed by atoms with Crippen molar-refractivity contribution in [2.24, 2.45) is 0 Å². The van der Waals surface area contributed by atoms with E-state index in [1.165, 1.54) is 41.4 Å². The van der Waals surface area contributed by atoms with E-state index >= 15 is 0 Å². The van der Waals surface area contributed by atoms with Gasteiger partial charge < -0.3 is 4.74 Å². The molecule has 27 heavy (non-hydrogen) atoms. The molecule has 0 fully saturated rings. The summed E-state index contributed by atoms with van der Waals surface area (Å²) < 4.78 is 6.92. The molecule has 0 aliphatic rings. The molecule has 1 heterocycles. The third kappa shape index (κ3) is 3.90. The van der Waals surface area contributed by atoms with E-state index in [4.69, 9.17) is 4.74 Å². The van der Waals surface area contributed by atoms with Crippen LogP contribution in [-0.2, 0) is 0 Å². The fourth-order valence-electron chi connectivity index (χ4n) is 3.06. The Balaban J connectivity index is 1.79. The number of thiophene rings is 1. The van der Waals surface area contributed by atoms with E-state index in [0.29, 0.717) is 6.61 Å². The second-order valence-corrected chi connectivity index (χ2v) is 8.77. The summed E-state index contributed by atoms with van der Waals surface area (Å²) in [6.45, 7) is 6.99. The Morgan fingerprint density at radius 1 is 0.852 bits per heavy atom. The molecule has 1 nitrogen and oxygen atoms in total. The monoisotopic (exact) mass is 390 g/mol. The molecule has 0 unspecified atom stereocenters. The number of ether oxygens (including phenoxy) is 1. The third-order valence-corrected chi connectivity index (χ3v) is 6.94. The van der Waals surface area contributed by atoms with Crippen molar-refractivity contribution in [1.82, 2.24) is 0 Å². The molecular formula is C24H22OS2. The zero-order valence-corrected chi connectivity index (χ0v) is 17.4. The van der Waals surface area contributed by atoms with Gasteiger partial charge in [-0.2, -0.15) is 0 Å². The summed E-state index contributed by atoms with van der Waals surface area (Å²) in [7, 11) is 0. The van der Waals surface area contributed by atoms with Crippen LogP contribution in [0.4, 0.5) is 0 Å². The van der Waals surface area contributed by atoms with Crippen LogP contribution in [0, 0.1) is 13.8 Å². The summed E-state index contributed by atoms with van der Waals surface area (Å²) in [6, 6.07) is 24.0. The smallest absolute Gasteiger partial charge is 0.119 e. The average molecular weight is 391 g/mol. The highest BCUT2D eigenvalue weighted by molar-refractivity contribution is 8.00. The molecule has 0 aliphatic carbocycles. The van der Waals surface area contributed by atoms with Gasteiger partial charge in [0.05, 0.1) is 6.61 Å². The Labute approximate surface area is 169 Å². The fraction of sp³-hybridized carbons (Fsp3) is 0.167. The minimum Gasteiger partial charge on any atom is -0.494 e. The Morgan fingerprint density at radius 2 is 1.56 bits per heavy atom. The van der Waals surface area contributed by atoms with Crippen LogP contribution < -0.4 is 4.74 Å². The Bertz CT molecular complexity index is 1060. The second-order valence-electron chi connectivity index (χ2n) is 6.63. The molecule has 0 amide bonds. The summed E-state index contributed by atoms with van der Waals surface area (Å²) in [5, 5.41) is 1.33. The predicted octanol–water partition coefficient (Wildman–Crippen LogP) is 7.74. The maximum absolute atomic E-state index is 5.58. The third-order valence-electron chi connectivity index (χ3n) is 4.47. The number of fused-ring (bicyclic) bond motifs is 1. The number of hydrogen-bond donors (Lipinski definition) is 0. The minimum absolute atomic E-state index is 0.693. The molecule has 0 atom stereocenters. The minimum atomic E-state index is 0.693. The van der Waals surface area contributed by atoms with E-state index in [-0.39, 0.29) is 0 Å². The highest BCUT2D eigenvalue weighted by Crippen LogP contribution is 2.47. The van der Waals surface area contributed by atoms with Gasteiger partial charge in [-0.05, 0) is 62.2 Å². The molecule has 3 heteroatoms. The first-order chi connectivity index (χ1) is 13.1. The fourth-order valence-corrected chi connectivity index (χ4v) is 5.59. The maximum Gasteiger partial charge on any atom is 0.119 e. The predicted molar refractivity (Wildman–Crippen MR) is 118 cm³/mol. The van der Waals surface area contributed by atoms with Gasteiger partial charge in [-0.3, -0.25) is 0 Å². The summed E-state index contributed by atoms with van der Waals surface area (Å²) >= 11 is 3.72. The van der Waals surface area contributed by atoms with Crippen LogP contribution in [0.25, 0.3) is 20.5 Å². The zero-order chi connectivity index (χ0) is 18.8. The number of rotatable bonds is 5. The highest BCUT2D eigenvalue weighted by atomic mass is 32.2. The number of aryl methyl sites for hydroxylation is 2. The van der Waals surface area contributed by atoms with E-state index in [0.717, 1.165) is 5.75 Å². The molecule has 4 aromatic rings. The van der Waals surface area contributed by atoms with Crippen LogP contribution in [-0.4, -0.2) is 6.61 Å². The van der Waals surface area contributed by atoms with Crippen molar-refractivity contribution in [2.75, 3.05) is 6.61 Å². The van der Waals surface area contributed by atoms with Crippen molar-refractivity contribution in [3.05, 3.63) is 77.9 Å². The van der Waals surface area contributed by atoms with Crippen LogP contribution in [0.15, 0.2) is 76.5 Å². The average Bonchev–Trinajstić information content (AvgIpc) is 3.01. The molecule has 0 aliphatic heterocycles. The molecule has 0 N–H and O–H groups in total. The quantitative estimate of drug-likeness (QED) is 0.345. The van der Waals surface area contributed by atoms with Crippen LogP contribution in [0.1, 0.15) is 18.1 Å². The van der Waals surface area contributed by atoms with E-state index < -0.39 is 0 Å². The molecular weight excluding hydrogens is 368 g/mol. The van der Waals surface area contributed by atoms with Gasteiger partial charge >= 0.3 is 0 Å².